The maximum absolute atomic E-state index is 14.1. The van der Waals surface area contributed by atoms with Gasteiger partial charge in [0.25, 0.3) is 0 Å². The van der Waals surface area contributed by atoms with E-state index in [4.69, 9.17) is 0 Å². The molecular formula is C15H16FN5S2. The molecule has 0 aliphatic heterocycles. The van der Waals surface area contributed by atoms with Gasteiger partial charge in [-0.3, -0.25) is 0 Å². The number of hydrogen-bond donors (Lipinski definition) is 0. The summed E-state index contributed by atoms with van der Waals surface area (Å²) in [6, 6.07) is 6.62. The van der Waals surface area contributed by atoms with Crippen molar-refractivity contribution < 1.29 is 4.39 Å². The van der Waals surface area contributed by atoms with E-state index in [-0.39, 0.29) is 5.82 Å². The van der Waals surface area contributed by atoms with Crippen molar-refractivity contribution >= 4 is 23.3 Å². The first-order chi connectivity index (χ1) is 11.0. The third-order valence-corrected chi connectivity index (χ3v) is 4.89. The van der Waals surface area contributed by atoms with Gasteiger partial charge < -0.3 is 4.57 Å². The van der Waals surface area contributed by atoms with Crippen LogP contribution in [0.1, 0.15) is 19.7 Å². The Bertz CT molecular complexity index is 812. The molecule has 0 saturated heterocycles. The standard InChI is InChI=1S/C15H16FN5S2/c1-9(2)8-21-13(11-6-4-5-7-12(11)16)18-19-14(21)22-15-17-10(3)20-23-15/h4-7,9H,8H2,1-3H3. The van der Waals surface area contributed by atoms with E-state index in [2.05, 4.69) is 33.4 Å². The van der Waals surface area contributed by atoms with E-state index < -0.39 is 0 Å². The Morgan fingerprint density at radius 2 is 2.04 bits per heavy atom. The number of halogens is 1. The van der Waals surface area contributed by atoms with Gasteiger partial charge in [-0.15, -0.1) is 10.2 Å². The lowest BCUT2D eigenvalue weighted by Crippen LogP contribution is -2.08. The van der Waals surface area contributed by atoms with Crippen LogP contribution in [0.25, 0.3) is 11.4 Å². The number of aryl methyl sites for hydroxylation is 1. The van der Waals surface area contributed by atoms with Gasteiger partial charge in [0.15, 0.2) is 15.3 Å². The average molecular weight is 349 g/mol. The van der Waals surface area contributed by atoms with Gasteiger partial charge in [0.2, 0.25) is 0 Å². The fourth-order valence-electron chi connectivity index (χ4n) is 2.13. The SMILES string of the molecule is Cc1nsc(Sc2nnc(-c3ccccc3F)n2CC(C)C)n1. The monoisotopic (exact) mass is 349 g/mol. The van der Waals surface area contributed by atoms with Crippen LogP contribution >= 0.6 is 23.3 Å². The lowest BCUT2D eigenvalue weighted by Gasteiger charge is -2.12. The number of rotatable bonds is 5. The molecule has 0 N–H and O–H groups in total. The zero-order valence-electron chi connectivity index (χ0n) is 13.0. The molecule has 8 heteroatoms. The van der Waals surface area contributed by atoms with E-state index in [1.165, 1.54) is 29.4 Å². The van der Waals surface area contributed by atoms with Crippen LogP contribution in [0.15, 0.2) is 33.8 Å². The van der Waals surface area contributed by atoms with Crippen LogP contribution in [0.4, 0.5) is 4.39 Å². The highest BCUT2D eigenvalue weighted by Gasteiger charge is 2.19. The summed E-state index contributed by atoms with van der Waals surface area (Å²) in [5.41, 5.74) is 0.459. The van der Waals surface area contributed by atoms with E-state index in [0.717, 1.165) is 10.2 Å². The van der Waals surface area contributed by atoms with Crippen molar-refractivity contribution in [3.63, 3.8) is 0 Å². The topological polar surface area (TPSA) is 56.5 Å². The highest BCUT2D eigenvalue weighted by atomic mass is 32.2. The van der Waals surface area contributed by atoms with Gasteiger partial charge in [0, 0.05) is 6.54 Å². The van der Waals surface area contributed by atoms with Gasteiger partial charge in [-0.2, -0.15) is 4.37 Å². The number of hydrogen-bond acceptors (Lipinski definition) is 6. The smallest absolute Gasteiger partial charge is 0.198 e. The highest BCUT2D eigenvalue weighted by molar-refractivity contribution is 8.00. The Morgan fingerprint density at radius 1 is 1.26 bits per heavy atom. The van der Waals surface area contributed by atoms with Crippen molar-refractivity contribution in [1.29, 1.82) is 0 Å². The van der Waals surface area contributed by atoms with Crippen molar-refractivity contribution in [2.24, 2.45) is 5.92 Å². The van der Waals surface area contributed by atoms with Crippen molar-refractivity contribution in [3.8, 4) is 11.4 Å². The first-order valence-electron chi connectivity index (χ1n) is 7.21. The normalized spacial score (nSPS) is 11.3. The quantitative estimate of drug-likeness (QED) is 0.695. The Balaban J connectivity index is 2.02. The Kier molecular flexibility index (Phi) is 4.72. The van der Waals surface area contributed by atoms with Crippen molar-refractivity contribution in [2.75, 3.05) is 0 Å². The lowest BCUT2D eigenvalue weighted by molar-refractivity contribution is 0.496. The maximum atomic E-state index is 14.1. The van der Waals surface area contributed by atoms with Crippen LogP contribution < -0.4 is 0 Å². The van der Waals surface area contributed by atoms with Gasteiger partial charge in [-0.1, -0.05) is 26.0 Å². The van der Waals surface area contributed by atoms with Crippen LogP contribution in [0.3, 0.4) is 0 Å². The third kappa shape index (κ3) is 3.59. The molecule has 0 saturated carbocycles. The van der Waals surface area contributed by atoms with Crippen LogP contribution in [0.5, 0.6) is 0 Å². The van der Waals surface area contributed by atoms with Crippen LogP contribution in [-0.2, 0) is 6.54 Å². The predicted octanol–water partition coefficient (Wildman–Crippen LogP) is 4.05. The van der Waals surface area contributed by atoms with E-state index in [1.807, 2.05) is 11.5 Å². The molecule has 0 bridgehead atoms. The molecule has 23 heavy (non-hydrogen) atoms. The lowest BCUT2D eigenvalue weighted by atomic mass is 10.2. The molecular weight excluding hydrogens is 333 g/mol. The molecule has 0 spiro atoms. The van der Waals surface area contributed by atoms with Crippen molar-refractivity contribution in [1.82, 2.24) is 24.1 Å². The summed E-state index contributed by atoms with van der Waals surface area (Å²) >= 11 is 2.74. The third-order valence-electron chi connectivity index (χ3n) is 3.07. The Morgan fingerprint density at radius 3 is 2.70 bits per heavy atom. The molecule has 2 aromatic heterocycles. The van der Waals surface area contributed by atoms with E-state index in [1.54, 1.807) is 18.2 Å². The summed E-state index contributed by atoms with van der Waals surface area (Å²) in [4.78, 5) is 4.34. The molecule has 3 aromatic rings. The van der Waals surface area contributed by atoms with Crippen molar-refractivity contribution in [2.45, 2.75) is 36.8 Å². The first-order valence-corrected chi connectivity index (χ1v) is 8.80. The Hall–Kier alpha value is -1.80. The number of aromatic nitrogens is 5. The first kappa shape index (κ1) is 16.1. The van der Waals surface area contributed by atoms with Crippen LogP contribution in [-0.4, -0.2) is 24.1 Å². The van der Waals surface area contributed by atoms with E-state index >= 15 is 0 Å². The zero-order chi connectivity index (χ0) is 16.4. The molecule has 3 rings (SSSR count). The van der Waals surface area contributed by atoms with Gasteiger partial charge in [0.1, 0.15) is 11.6 Å². The minimum absolute atomic E-state index is 0.298. The van der Waals surface area contributed by atoms with Crippen molar-refractivity contribution in [3.05, 3.63) is 35.9 Å². The number of benzene rings is 1. The zero-order valence-corrected chi connectivity index (χ0v) is 14.7. The highest BCUT2D eigenvalue weighted by Crippen LogP contribution is 2.31. The maximum Gasteiger partial charge on any atom is 0.198 e. The second kappa shape index (κ2) is 6.76. The fourth-order valence-corrected chi connectivity index (χ4v) is 3.73. The van der Waals surface area contributed by atoms with Gasteiger partial charge in [0.05, 0.1) is 5.56 Å². The van der Waals surface area contributed by atoms with E-state index in [0.29, 0.717) is 29.0 Å². The summed E-state index contributed by atoms with van der Waals surface area (Å²) in [5, 5.41) is 9.15. The predicted molar refractivity (Wildman–Crippen MR) is 89.0 cm³/mol. The summed E-state index contributed by atoms with van der Waals surface area (Å²) in [6.45, 7) is 6.77. The largest absolute Gasteiger partial charge is 0.301 e. The minimum Gasteiger partial charge on any atom is -0.301 e. The molecule has 0 aliphatic rings. The Labute approximate surface area is 142 Å². The molecule has 0 aliphatic carbocycles. The molecule has 2 heterocycles. The summed E-state index contributed by atoms with van der Waals surface area (Å²) in [5.74, 6) is 1.36. The molecule has 0 amide bonds. The van der Waals surface area contributed by atoms with Gasteiger partial charge in [-0.25, -0.2) is 9.37 Å². The molecule has 0 atom stereocenters. The molecule has 0 radical (unpaired) electrons. The molecule has 120 valence electrons. The summed E-state index contributed by atoms with van der Waals surface area (Å²) in [7, 11) is 0. The molecule has 0 fully saturated rings. The fraction of sp³-hybridized carbons (Fsp3) is 0.333. The minimum atomic E-state index is -0.298. The number of nitrogens with zero attached hydrogens (tertiary/aromatic N) is 5. The molecule has 0 unspecified atom stereocenters. The summed E-state index contributed by atoms with van der Waals surface area (Å²) in [6.07, 6.45) is 0. The second-order valence-corrected chi connectivity index (χ2v) is 7.47. The molecule has 5 nitrogen and oxygen atoms in total. The average Bonchev–Trinajstić information content (AvgIpc) is 3.07. The van der Waals surface area contributed by atoms with Crippen LogP contribution in [0.2, 0.25) is 0 Å². The van der Waals surface area contributed by atoms with Gasteiger partial charge >= 0.3 is 0 Å². The molecule has 1 aromatic carbocycles. The second-order valence-electron chi connectivity index (χ2n) is 5.50. The van der Waals surface area contributed by atoms with Crippen LogP contribution in [0, 0.1) is 18.7 Å². The summed E-state index contributed by atoms with van der Waals surface area (Å²) < 4.78 is 21.1. The van der Waals surface area contributed by atoms with E-state index in [9.17, 15) is 4.39 Å². The van der Waals surface area contributed by atoms with Gasteiger partial charge in [-0.05, 0) is 48.3 Å².